The number of hydrogen-bond acceptors (Lipinski definition) is 6. The first-order valence-electron chi connectivity index (χ1n) is 29.7. The van der Waals surface area contributed by atoms with Gasteiger partial charge in [0.15, 0.2) is 0 Å². The molecule has 0 aliphatic rings. The van der Waals surface area contributed by atoms with Gasteiger partial charge in [-0.25, -0.2) is 0 Å². The summed E-state index contributed by atoms with van der Waals surface area (Å²) < 4.78 is 23.4. The second-order valence-corrected chi connectivity index (χ2v) is 22.7. The van der Waals surface area contributed by atoms with E-state index >= 15 is 0 Å². The van der Waals surface area contributed by atoms with Crippen molar-refractivity contribution in [2.45, 2.75) is 283 Å². The monoisotopic (exact) mass is 1000 g/mol. The number of carbonyl (C=O) groups excluding carboxylic acids is 1. The zero-order chi connectivity index (χ0) is 51.3. The largest absolute Gasteiger partial charge is 0.756 e. The minimum absolute atomic E-state index is 0.00340. The highest BCUT2D eigenvalue weighted by molar-refractivity contribution is 7.45. The number of phosphoric ester groups is 1. The third kappa shape index (κ3) is 54.0. The Labute approximate surface area is 434 Å². The lowest BCUT2D eigenvalue weighted by atomic mass is 10.0. The van der Waals surface area contributed by atoms with E-state index in [1.807, 2.05) is 27.2 Å². The van der Waals surface area contributed by atoms with Gasteiger partial charge in [0.2, 0.25) is 5.91 Å². The first-order valence-corrected chi connectivity index (χ1v) is 31.1. The SMILES string of the molecule is CC/C=C\C/C=C\C/C=C\C/C=C\CCCCCCCCCCCCC(=O)NC(COP(=O)([O-])OCC[N+](C)(C)C)C(O)/C=C/CCCCCCCCCCCCCCCCCCCCCCCCC. The van der Waals surface area contributed by atoms with Crippen LogP contribution in [0.25, 0.3) is 0 Å². The van der Waals surface area contributed by atoms with Gasteiger partial charge >= 0.3 is 0 Å². The molecular weight excluding hydrogens is 888 g/mol. The van der Waals surface area contributed by atoms with Crippen LogP contribution in [0.5, 0.6) is 0 Å². The predicted octanol–water partition coefficient (Wildman–Crippen LogP) is 17.5. The summed E-state index contributed by atoms with van der Waals surface area (Å²) in [6, 6.07) is -0.892. The van der Waals surface area contributed by atoms with Crippen LogP contribution in [-0.2, 0) is 18.4 Å². The first-order chi connectivity index (χ1) is 34.0. The van der Waals surface area contributed by atoms with Crippen molar-refractivity contribution in [3.8, 4) is 0 Å². The Morgan fingerprint density at radius 2 is 0.871 bits per heavy atom. The van der Waals surface area contributed by atoms with Crippen LogP contribution in [-0.4, -0.2) is 68.5 Å². The molecule has 0 bridgehead atoms. The van der Waals surface area contributed by atoms with Gasteiger partial charge in [-0.05, 0) is 57.8 Å². The number of phosphoric acid groups is 1. The average molecular weight is 1000 g/mol. The standard InChI is InChI=1S/C61H115N2O6P/c1-6-8-10-12-14-16-18-20-22-24-26-28-30-31-33-34-36-38-40-42-44-46-48-50-52-54-60(64)59(58-69-70(66,67)68-57-56-63(3,4)5)62-61(65)55-53-51-49-47-45-43-41-39-37-35-32-29-27-25-23-21-19-17-15-13-11-9-7-2/h9,11,15,17,21,23,27,29,52,54,59-60,64H,6-8,10,12-14,16,18-20,22,24-26,28,30-51,53,55-58H2,1-5H3,(H-,62,65,66,67)/b11-9-,17-15-,23-21-,29-27-,54-52+. The van der Waals surface area contributed by atoms with Gasteiger partial charge in [-0.15, -0.1) is 0 Å². The molecule has 3 unspecified atom stereocenters. The molecule has 0 aliphatic carbocycles. The van der Waals surface area contributed by atoms with Crippen LogP contribution in [0, 0.1) is 0 Å². The number of likely N-dealkylation sites (N-methyl/N-ethyl adjacent to an activating group) is 1. The van der Waals surface area contributed by atoms with E-state index in [4.69, 9.17) is 9.05 Å². The van der Waals surface area contributed by atoms with Crippen molar-refractivity contribution >= 4 is 13.7 Å². The zero-order valence-electron chi connectivity index (χ0n) is 46.7. The summed E-state index contributed by atoms with van der Waals surface area (Å²) in [7, 11) is 1.26. The van der Waals surface area contributed by atoms with Crippen molar-refractivity contribution in [2.75, 3.05) is 40.9 Å². The molecule has 410 valence electrons. The Kier molecular flexibility index (Phi) is 50.7. The Hall–Kier alpha value is -1.80. The fourth-order valence-corrected chi connectivity index (χ4v) is 9.34. The fourth-order valence-electron chi connectivity index (χ4n) is 8.62. The summed E-state index contributed by atoms with van der Waals surface area (Å²) in [6.45, 7) is 4.56. The molecule has 0 aromatic heterocycles. The molecule has 0 saturated carbocycles. The minimum Gasteiger partial charge on any atom is -0.756 e. The normalized spacial score (nSPS) is 14.3. The molecule has 9 heteroatoms. The molecule has 1 amide bonds. The number of nitrogens with one attached hydrogen (secondary N) is 1. The van der Waals surface area contributed by atoms with Crippen LogP contribution in [0.15, 0.2) is 60.8 Å². The number of unbranched alkanes of at least 4 members (excludes halogenated alkanes) is 33. The molecule has 0 rings (SSSR count). The van der Waals surface area contributed by atoms with E-state index in [1.165, 1.54) is 186 Å². The minimum atomic E-state index is -4.60. The van der Waals surface area contributed by atoms with Gasteiger partial charge in [0, 0.05) is 6.42 Å². The molecular formula is C61H115N2O6P. The van der Waals surface area contributed by atoms with E-state index < -0.39 is 20.0 Å². The van der Waals surface area contributed by atoms with E-state index in [0.717, 1.165) is 64.2 Å². The predicted molar refractivity (Wildman–Crippen MR) is 302 cm³/mol. The number of rotatable bonds is 54. The topological polar surface area (TPSA) is 108 Å². The summed E-state index contributed by atoms with van der Waals surface area (Å²) in [6.07, 6.45) is 70.1. The van der Waals surface area contributed by atoms with Crippen LogP contribution in [0.2, 0.25) is 0 Å². The van der Waals surface area contributed by atoms with Crippen LogP contribution >= 0.6 is 7.82 Å². The molecule has 0 aliphatic heterocycles. The molecule has 0 radical (unpaired) electrons. The molecule has 8 nitrogen and oxygen atoms in total. The van der Waals surface area contributed by atoms with E-state index in [-0.39, 0.29) is 19.1 Å². The van der Waals surface area contributed by atoms with Crippen LogP contribution in [0.1, 0.15) is 271 Å². The van der Waals surface area contributed by atoms with Crippen molar-refractivity contribution in [1.82, 2.24) is 5.32 Å². The maximum atomic E-state index is 13.0. The summed E-state index contributed by atoms with van der Waals surface area (Å²) in [4.78, 5) is 25.5. The average Bonchev–Trinajstić information content (AvgIpc) is 3.32. The maximum Gasteiger partial charge on any atom is 0.268 e. The van der Waals surface area contributed by atoms with Crippen molar-refractivity contribution in [3.63, 3.8) is 0 Å². The maximum absolute atomic E-state index is 13.0. The number of amides is 1. The summed E-state index contributed by atoms with van der Waals surface area (Å²) in [5.41, 5.74) is 0. The summed E-state index contributed by atoms with van der Waals surface area (Å²) in [5.74, 6) is -0.201. The van der Waals surface area contributed by atoms with E-state index in [2.05, 4.69) is 67.8 Å². The van der Waals surface area contributed by atoms with Crippen molar-refractivity contribution < 1.29 is 32.9 Å². The van der Waals surface area contributed by atoms with Gasteiger partial charge < -0.3 is 28.8 Å². The van der Waals surface area contributed by atoms with Crippen LogP contribution in [0.4, 0.5) is 0 Å². The van der Waals surface area contributed by atoms with Gasteiger partial charge in [0.25, 0.3) is 7.82 Å². The second kappa shape index (κ2) is 52.1. The van der Waals surface area contributed by atoms with E-state index in [9.17, 15) is 19.4 Å². The second-order valence-electron chi connectivity index (χ2n) is 21.3. The first kappa shape index (κ1) is 68.2. The molecule has 0 spiro atoms. The van der Waals surface area contributed by atoms with Gasteiger partial charge in [-0.1, -0.05) is 267 Å². The molecule has 0 aromatic rings. The highest BCUT2D eigenvalue weighted by atomic mass is 31.2. The highest BCUT2D eigenvalue weighted by Crippen LogP contribution is 2.38. The highest BCUT2D eigenvalue weighted by Gasteiger charge is 2.23. The molecule has 0 heterocycles. The van der Waals surface area contributed by atoms with Crippen molar-refractivity contribution in [1.29, 1.82) is 0 Å². The number of carbonyl (C=O) groups is 1. The zero-order valence-corrected chi connectivity index (χ0v) is 47.6. The van der Waals surface area contributed by atoms with Gasteiger partial charge in [-0.2, -0.15) is 0 Å². The van der Waals surface area contributed by atoms with E-state index in [1.54, 1.807) is 6.08 Å². The van der Waals surface area contributed by atoms with Crippen molar-refractivity contribution in [3.05, 3.63) is 60.8 Å². The summed E-state index contributed by atoms with van der Waals surface area (Å²) in [5, 5.41) is 13.9. The number of allylic oxidation sites excluding steroid dienone is 9. The lowest BCUT2D eigenvalue weighted by Gasteiger charge is -2.29. The number of nitrogens with zero attached hydrogens (tertiary/aromatic N) is 1. The van der Waals surface area contributed by atoms with Gasteiger partial charge in [0.05, 0.1) is 39.9 Å². The number of hydrogen-bond donors (Lipinski definition) is 2. The third-order valence-corrected chi connectivity index (χ3v) is 14.2. The number of aliphatic hydroxyl groups excluding tert-OH is 1. The Morgan fingerprint density at radius 3 is 1.27 bits per heavy atom. The van der Waals surface area contributed by atoms with Crippen LogP contribution in [0.3, 0.4) is 0 Å². The van der Waals surface area contributed by atoms with Gasteiger partial charge in [0.1, 0.15) is 13.2 Å². The molecule has 0 fully saturated rings. The van der Waals surface area contributed by atoms with Gasteiger partial charge in [-0.3, -0.25) is 9.36 Å². The third-order valence-electron chi connectivity index (χ3n) is 13.2. The number of quaternary nitrogens is 1. The quantitative estimate of drug-likeness (QED) is 0.0272. The number of aliphatic hydroxyl groups is 1. The molecule has 0 aromatic carbocycles. The Balaban J connectivity index is 4.21. The smallest absolute Gasteiger partial charge is 0.268 e. The molecule has 0 saturated heterocycles. The molecule has 3 atom stereocenters. The Bertz CT molecular complexity index is 1320. The lowest BCUT2D eigenvalue weighted by Crippen LogP contribution is -2.45. The lowest BCUT2D eigenvalue weighted by molar-refractivity contribution is -0.870. The Morgan fingerprint density at radius 1 is 0.514 bits per heavy atom. The summed E-state index contributed by atoms with van der Waals surface area (Å²) >= 11 is 0. The van der Waals surface area contributed by atoms with E-state index in [0.29, 0.717) is 17.4 Å². The fraction of sp³-hybridized carbons (Fsp3) is 0.820. The molecule has 2 N–H and O–H groups in total. The molecule has 70 heavy (non-hydrogen) atoms. The van der Waals surface area contributed by atoms with Crippen molar-refractivity contribution in [2.24, 2.45) is 0 Å². The van der Waals surface area contributed by atoms with Crippen LogP contribution < -0.4 is 10.2 Å².